The summed E-state index contributed by atoms with van der Waals surface area (Å²) >= 11 is 3.40. The summed E-state index contributed by atoms with van der Waals surface area (Å²) in [4.78, 5) is 29.0. The second-order valence-corrected chi connectivity index (χ2v) is 7.57. The highest BCUT2D eigenvalue weighted by Gasteiger charge is 2.11. The smallest absolute Gasteiger partial charge is 0.308 e. The van der Waals surface area contributed by atoms with Gasteiger partial charge in [0.05, 0.1) is 24.2 Å². The SMILES string of the molecule is CCCCc1nc2ccc(Br)cc2c(=O)n1N=Cc1ccc(OC(C)=O)c(OC)c1. The zero-order valence-corrected chi connectivity index (χ0v) is 18.6. The molecule has 156 valence electrons. The predicted molar refractivity (Wildman–Crippen MR) is 120 cm³/mol. The number of aromatic nitrogens is 2. The molecule has 0 fully saturated rings. The van der Waals surface area contributed by atoms with E-state index in [1.54, 1.807) is 30.5 Å². The second-order valence-electron chi connectivity index (χ2n) is 6.66. The molecule has 3 rings (SSSR count). The molecule has 0 aliphatic rings. The van der Waals surface area contributed by atoms with Crippen molar-refractivity contribution in [2.75, 3.05) is 7.11 Å². The van der Waals surface area contributed by atoms with E-state index >= 15 is 0 Å². The molecular formula is C22H22BrN3O4. The number of hydrogen-bond acceptors (Lipinski definition) is 6. The van der Waals surface area contributed by atoms with Crippen LogP contribution in [0.2, 0.25) is 0 Å². The van der Waals surface area contributed by atoms with Crippen LogP contribution in [0.5, 0.6) is 11.5 Å². The average Bonchev–Trinajstić information content (AvgIpc) is 2.72. The van der Waals surface area contributed by atoms with Gasteiger partial charge in [0.1, 0.15) is 5.82 Å². The van der Waals surface area contributed by atoms with E-state index < -0.39 is 5.97 Å². The van der Waals surface area contributed by atoms with Gasteiger partial charge in [0, 0.05) is 17.8 Å². The van der Waals surface area contributed by atoms with Gasteiger partial charge in [-0.1, -0.05) is 29.3 Å². The summed E-state index contributed by atoms with van der Waals surface area (Å²) in [6.45, 7) is 3.41. The van der Waals surface area contributed by atoms with Crippen molar-refractivity contribution < 1.29 is 14.3 Å². The average molecular weight is 472 g/mol. The highest BCUT2D eigenvalue weighted by Crippen LogP contribution is 2.27. The van der Waals surface area contributed by atoms with Crippen molar-refractivity contribution in [1.29, 1.82) is 0 Å². The maximum atomic E-state index is 13.1. The van der Waals surface area contributed by atoms with Crippen molar-refractivity contribution in [3.63, 3.8) is 0 Å². The molecule has 1 aromatic heterocycles. The van der Waals surface area contributed by atoms with Crippen molar-refractivity contribution in [1.82, 2.24) is 9.66 Å². The lowest BCUT2D eigenvalue weighted by molar-refractivity contribution is -0.132. The molecular weight excluding hydrogens is 450 g/mol. The fourth-order valence-electron chi connectivity index (χ4n) is 2.94. The zero-order valence-electron chi connectivity index (χ0n) is 17.0. The van der Waals surface area contributed by atoms with Crippen molar-refractivity contribution in [2.24, 2.45) is 5.10 Å². The highest BCUT2D eigenvalue weighted by molar-refractivity contribution is 9.10. The van der Waals surface area contributed by atoms with Crippen LogP contribution >= 0.6 is 15.9 Å². The molecule has 3 aromatic rings. The second kappa shape index (κ2) is 9.67. The largest absolute Gasteiger partial charge is 0.493 e. The van der Waals surface area contributed by atoms with Gasteiger partial charge in [0.25, 0.3) is 5.56 Å². The molecule has 8 heteroatoms. The molecule has 1 heterocycles. The van der Waals surface area contributed by atoms with E-state index in [0.29, 0.717) is 40.2 Å². The lowest BCUT2D eigenvalue weighted by atomic mass is 10.2. The number of unbranched alkanes of at least 4 members (excludes halogenated alkanes) is 1. The van der Waals surface area contributed by atoms with Crippen LogP contribution in [0.4, 0.5) is 0 Å². The highest BCUT2D eigenvalue weighted by atomic mass is 79.9. The van der Waals surface area contributed by atoms with Crippen LogP contribution in [0.15, 0.2) is 50.8 Å². The van der Waals surface area contributed by atoms with Crippen molar-refractivity contribution in [3.05, 3.63) is 62.6 Å². The molecule has 30 heavy (non-hydrogen) atoms. The monoisotopic (exact) mass is 471 g/mol. The van der Waals surface area contributed by atoms with E-state index in [1.807, 2.05) is 12.1 Å². The zero-order chi connectivity index (χ0) is 21.7. The molecule has 0 saturated carbocycles. The number of carbonyl (C=O) groups is 1. The maximum absolute atomic E-state index is 13.1. The topological polar surface area (TPSA) is 82.8 Å². The molecule has 0 unspecified atom stereocenters. The standard InChI is InChI=1S/C22H22BrN3O4/c1-4-5-6-21-25-18-9-8-16(23)12-17(18)22(28)26(21)24-13-15-7-10-19(30-14(2)27)20(11-15)29-3/h7-13H,4-6H2,1-3H3. The third kappa shape index (κ3) is 4.94. The van der Waals surface area contributed by atoms with Gasteiger partial charge >= 0.3 is 5.97 Å². The molecule has 0 atom stereocenters. The minimum atomic E-state index is -0.435. The van der Waals surface area contributed by atoms with Crippen molar-refractivity contribution in [3.8, 4) is 11.5 Å². The number of fused-ring (bicyclic) bond motifs is 1. The summed E-state index contributed by atoms with van der Waals surface area (Å²) in [6.07, 6.45) is 4.08. The number of nitrogens with zero attached hydrogens (tertiary/aromatic N) is 3. The van der Waals surface area contributed by atoms with E-state index in [0.717, 1.165) is 17.3 Å². The molecule has 0 bridgehead atoms. The number of carbonyl (C=O) groups excluding carboxylic acids is 1. The summed E-state index contributed by atoms with van der Waals surface area (Å²) in [5.74, 6) is 0.889. The number of ether oxygens (including phenoxy) is 2. The third-order valence-corrected chi connectivity index (χ3v) is 4.89. The maximum Gasteiger partial charge on any atom is 0.308 e. The Bertz CT molecular complexity index is 1170. The van der Waals surface area contributed by atoms with Crippen LogP contribution in [0, 0.1) is 0 Å². The Balaban J connectivity index is 2.05. The first-order chi connectivity index (χ1) is 14.4. The van der Waals surface area contributed by atoms with Gasteiger partial charge in [-0.3, -0.25) is 9.59 Å². The fraction of sp³-hybridized carbons (Fsp3) is 0.273. The van der Waals surface area contributed by atoms with Crippen molar-refractivity contribution in [2.45, 2.75) is 33.1 Å². The molecule has 0 saturated heterocycles. The van der Waals surface area contributed by atoms with E-state index in [-0.39, 0.29) is 5.56 Å². The minimum Gasteiger partial charge on any atom is -0.493 e. The Morgan fingerprint density at radius 1 is 1.23 bits per heavy atom. The number of hydrogen-bond donors (Lipinski definition) is 0. The van der Waals surface area contributed by atoms with Crippen LogP contribution < -0.4 is 15.0 Å². The van der Waals surface area contributed by atoms with Gasteiger partial charge in [0.2, 0.25) is 0 Å². The first kappa shape index (κ1) is 21.7. The van der Waals surface area contributed by atoms with Crippen LogP contribution in [-0.2, 0) is 11.2 Å². The van der Waals surface area contributed by atoms with E-state index in [2.05, 4.69) is 32.9 Å². The number of aryl methyl sites for hydroxylation is 1. The molecule has 0 radical (unpaired) electrons. The van der Waals surface area contributed by atoms with Gasteiger partial charge in [-0.2, -0.15) is 9.78 Å². The first-order valence-electron chi connectivity index (χ1n) is 9.55. The number of benzene rings is 2. The van der Waals surface area contributed by atoms with Gasteiger partial charge in [-0.05, 0) is 48.4 Å². The molecule has 0 N–H and O–H groups in total. The van der Waals surface area contributed by atoms with Crippen LogP contribution in [-0.4, -0.2) is 29.0 Å². The Morgan fingerprint density at radius 2 is 2.03 bits per heavy atom. The predicted octanol–water partition coefficient (Wildman–Crippen LogP) is 4.32. The fourth-order valence-corrected chi connectivity index (χ4v) is 3.30. The lowest BCUT2D eigenvalue weighted by Crippen LogP contribution is -2.22. The Hall–Kier alpha value is -3.00. The molecule has 0 amide bonds. The third-order valence-electron chi connectivity index (χ3n) is 4.39. The Kier molecular flexibility index (Phi) is 6.99. The van der Waals surface area contributed by atoms with Crippen molar-refractivity contribution >= 4 is 39.0 Å². The first-order valence-corrected chi connectivity index (χ1v) is 10.3. The summed E-state index contributed by atoms with van der Waals surface area (Å²) in [6, 6.07) is 10.5. The Labute approximate surface area is 182 Å². The molecule has 0 spiro atoms. The minimum absolute atomic E-state index is 0.229. The summed E-state index contributed by atoms with van der Waals surface area (Å²) in [5.41, 5.74) is 1.10. The number of halogens is 1. The summed E-state index contributed by atoms with van der Waals surface area (Å²) in [7, 11) is 1.49. The Morgan fingerprint density at radius 3 is 2.73 bits per heavy atom. The number of methoxy groups -OCH3 is 1. The quantitative estimate of drug-likeness (QED) is 0.291. The lowest BCUT2D eigenvalue weighted by Gasteiger charge is -2.10. The van der Waals surface area contributed by atoms with Gasteiger partial charge in [0.15, 0.2) is 11.5 Å². The molecule has 7 nitrogen and oxygen atoms in total. The molecule has 0 aliphatic heterocycles. The summed E-state index contributed by atoms with van der Waals surface area (Å²) in [5, 5.41) is 4.90. The van der Waals surface area contributed by atoms with E-state index in [9.17, 15) is 9.59 Å². The molecule has 0 aliphatic carbocycles. The number of esters is 1. The van der Waals surface area contributed by atoms with Gasteiger partial charge < -0.3 is 9.47 Å². The van der Waals surface area contributed by atoms with E-state index in [1.165, 1.54) is 18.7 Å². The van der Waals surface area contributed by atoms with Crippen LogP contribution in [0.25, 0.3) is 10.9 Å². The van der Waals surface area contributed by atoms with Crippen LogP contribution in [0.3, 0.4) is 0 Å². The van der Waals surface area contributed by atoms with E-state index in [4.69, 9.17) is 9.47 Å². The molecule has 2 aromatic carbocycles. The van der Waals surface area contributed by atoms with Gasteiger partial charge in [-0.25, -0.2) is 4.98 Å². The number of rotatable bonds is 7. The normalized spacial score (nSPS) is 11.2. The van der Waals surface area contributed by atoms with Crippen LogP contribution in [0.1, 0.15) is 38.1 Å². The summed E-state index contributed by atoms with van der Waals surface area (Å²) < 4.78 is 12.5. The van der Waals surface area contributed by atoms with Gasteiger partial charge in [-0.15, -0.1) is 0 Å².